The number of halogens is 1. The third-order valence-corrected chi connectivity index (χ3v) is 8.46. The molecule has 3 heterocycles. The predicted octanol–water partition coefficient (Wildman–Crippen LogP) is 4.41. The van der Waals surface area contributed by atoms with Crippen LogP contribution in [-0.4, -0.2) is 45.2 Å². The van der Waals surface area contributed by atoms with Crippen molar-refractivity contribution in [3.8, 4) is 5.75 Å². The molecule has 3 aromatic heterocycles. The Bertz CT molecular complexity index is 1180. The van der Waals surface area contributed by atoms with Crippen molar-refractivity contribution in [1.29, 1.82) is 0 Å². The van der Waals surface area contributed by atoms with E-state index in [0.29, 0.717) is 10.8 Å². The molecule has 1 unspecified atom stereocenters. The van der Waals surface area contributed by atoms with Gasteiger partial charge in [0.05, 0.1) is 16.8 Å². The smallest absolute Gasteiger partial charge is 0.255 e. The second kappa shape index (κ2) is 8.56. The zero-order chi connectivity index (χ0) is 23.1. The highest BCUT2D eigenvalue weighted by Gasteiger charge is 2.33. The highest BCUT2D eigenvalue weighted by atomic mass is 35.5. The molecule has 0 bridgehead atoms. The predicted molar refractivity (Wildman–Crippen MR) is 120 cm³/mol. The van der Waals surface area contributed by atoms with Gasteiger partial charge in [0.1, 0.15) is 12.0 Å². The van der Waals surface area contributed by atoms with Crippen molar-refractivity contribution < 1.29 is 22.5 Å². The quantitative estimate of drug-likeness (QED) is 0.396. The van der Waals surface area contributed by atoms with E-state index in [1.165, 1.54) is 25.7 Å². The lowest BCUT2D eigenvalue weighted by atomic mass is 9.85. The monoisotopic (exact) mass is 507 g/mol. The number of sulfonamides is 1. The van der Waals surface area contributed by atoms with Gasteiger partial charge in [0.25, 0.3) is 10.0 Å². The van der Waals surface area contributed by atoms with Crippen molar-refractivity contribution in [2.24, 2.45) is 5.41 Å². The molecule has 0 saturated carbocycles. The van der Waals surface area contributed by atoms with Gasteiger partial charge >= 0.3 is 0 Å². The first-order valence-corrected chi connectivity index (χ1v) is 12.7. The molecule has 3 N–H and O–H groups in total. The molecule has 31 heavy (non-hydrogen) atoms. The number of hydrogen-bond acceptors (Lipinski definition) is 10. The maximum absolute atomic E-state index is 12.3. The average molecular weight is 508 g/mol. The topological polar surface area (TPSA) is 144 Å². The Morgan fingerprint density at radius 2 is 1.97 bits per heavy atom. The number of aromatic nitrogens is 2. The van der Waals surface area contributed by atoms with Crippen LogP contribution in [0.3, 0.4) is 0 Å². The summed E-state index contributed by atoms with van der Waals surface area (Å²) in [5, 5.41) is 18.3. The van der Waals surface area contributed by atoms with Crippen LogP contribution in [0.4, 0.5) is 17.3 Å². The molecule has 0 spiro atoms. The van der Waals surface area contributed by atoms with Crippen molar-refractivity contribution in [1.82, 2.24) is 13.1 Å². The van der Waals surface area contributed by atoms with E-state index >= 15 is 0 Å². The van der Waals surface area contributed by atoms with Gasteiger partial charge in [0.15, 0.2) is 21.1 Å². The molecule has 0 aromatic carbocycles. The van der Waals surface area contributed by atoms with Gasteiger partial charge in [-0.25, -0.2) is 12.7 Å². The first kappa shape index (κ1) is 23.8. The van der Waals surface area contributed by atoms with E-state index < -0.39 is 33.0 Å². The van der Waals surface area contributed by atoms with E-state index in [-0.39, 0.29) is 26.9 Å². The average Bonchev–Trinajstić information content (AvgIpc) is 3.32. The first-order chi connectivity index (χ1) is 14.3. The third kappa shape index (κ3) is 4.96. The lowest BCUT2D eigenvalue weighted by Gasteiger charge is -2.29. The van der Waals surface area contributed by atoms with Crippen molar-refractivity contribution >= 4 is 61.4 Å². The Labute approximate surface area is 192 Å². The fourth-order valence-corrected chi connectivity index (χ4v) is 5.83. The molecular formula is C17H22ClN5O5S3. The number of anilines is 3. The number of rotatable bonds is 7. The summed E-state index contributed by atoms with van der Waals surface area (Å²) in [5.74, 6) is 0.360. The Morgan fingerprint density at radius 1 is 1.32 bits per heavy atom. The molecule has 14 heteroatoms. The van der Waals surface area contributed by atoms with Crippen LogP contribution in [0.1, 0.15) is 32.6 Å². The Hall–Kier alpha value is -1.90. The van der Waals surface area contributed by atoms with E-state index in [1.807, 2.05) is 20.8 Å². The van der Waals surface area contributed by atoms with E-state index in [9.17, 15) is 18.1 Å². The van der Waals surface area contributed by atoms with Crippen LogP contribution in [0.2, 0.25) is 5.02 Å². The second-order valence-corrected chi connectivity index (χ2v) is 12.4. The molecule has 0 saturated heterocycles. The van der Waals surface area contributed by atoms with Gasteiger partial charge in [0, 0.05) is 34.3 Å². The normalized spacial score (nSPS) is 14.1. The van der Waals surface area contributed by atoms with Crippen LogP contribution >= 0.6 is 34.1 Å². The van der Waals surface area contributed by atoms with Crippen molar-refractivity contribution in [2.45, 2.75) is 31.0 Å². The number of thiophene rings is 1. The first-order valence-electron chi connectivity index (χ1n) is 8.91. The van der Waals surface area contributed by atoms with Crippen molar-refractivity contribution in [2.75, 3.05) is 24.7 Å². The summed E-state index contributed by atoms with van der Waals surface area (Å²) in [6.07, 6.45) is 1.41. The molecule has 0 radical (unpaired) electrons. The zero-order valence-corrected chi connectivity index (χ0v) is 20.5. The summed E-state index contributed by atoms with van der Waals surface area (Å²) >= 11 is 4.96. The van der Waals surface area contributed by atoms with Crippen LogP contribution in [0.5, 0.6) is 5.75 Å². The van der Waals surface area contributed by atoms with Crippen molar-refractivity contribution in [3.63, 3.8) is 0 Å². The van der Waals surface area contributed by atoms with Crippen LogP contribution in [-0.2, 0) is 10.0 Å². The van der Waals surface area contributed by atoms with Gasteiger partial charge in [-0.1, -0.05) is 32.4 Å². The van der Waals surface area contributed by atoms with Gasteiger partial charge in [-0.05, 0) is 5.41 Å². The van der Waals surface area contributed by atoms with E-state index in [1.54, 1.807) is 6.07 Å². The minimum atomic E-state index is -3.83. The van der Waals surface area contributed by atoms with Gasteiger partial charge in [-0.15, -0.1) is 11.3 Å². The number of aromatic hydroxyl groups is 1. The molecule has 0 aliphatic carbocycles. The van der Waals surface area contributed by atoms with Gasteiger partial charge in [-0.2, -0.15) is 0 Å². The molecular weight excluding hydrogens is 486 g/mol. The van der Waals surface area contributed by atoms with E-state index in [0.717, 1.165) is 15.6 Å². The SMILES string of the molecule is CN(C)S(=O)(=O)c1scc(Nc2n[s+]([O-])nc2N[C@@H](c2cc(Cl)co2)C(C)(C)C)c1O. The Balaban J connectivity index is 1.94. The van der Waals surface area contributed by atoms with Crippen LogP contribution in [0.15, 0.2) is 26.3 Å². The second-order valence-electron chi connectivity index (χ2n) is 7.92. The minimum Gasteiger partial charge on any atom is -0.546 e. The van der Waals surface area contributed by atoms with Crippen LogP contribution in [0, 0.1) is 5.41 Å². The number of nitrogens with one attached hydrogen (secondary N) is 2. The Morgan fingerprint density at radius 3 is 2.52 bits per heavy atom. The molecule has 3 aromatic rings. The number of nitrogens with zero attached hydrogens (tertiary/aromatic N) is 3. The van der Waals surface area contributed by atoms with Gasteiger partial charge in [-0.3, -0.25) is 0 Å². The number of furan rings is 1. The van der Waals surface area contributed by atoms with E-state index in [4.69, 9.17) is 16.0 Å². The van der Waals surface area contributed by atoms with Crippen LogP contribution < -0.4 is 10.6 Å². The molecule has 0 aliphatic rings. The van der Waals surface area contributed by atoms with Crippen molar-refractivity contribution in [3.05, 3.63) is 28.5 Å². The lowest BCUT2D eigenvalue weighted by molar-refractivity contribution is 0.304. The standard InChI is InChI=1S/C17H22ClN5O5S3/c1-17(2,3)13(11-6-9(18)7-28-11)20-15-14(21-30(25)22-15)19-10-8-29-16(12(10)24)31(26,27)23(4)5/h6-8,13,24H,1-5H3,(H,19,21)(H,20,22)/t13-,30?/m0/s1. The van der Waals surface area contributed by atoms with Gasteiger partial charge < -0.3 is 24.7 Å². The maximum atomic E-state index is 12.3. The van der Waals surface area contributed by atoms with Crippen LogP contribution in [0.25, 0.3) is 0 Å². The molecule has 2 atom stereocenters. The maximum Gasteiger partial charge on any atom is 0.255 e. The molecule has 0 amide bonds. The fraction of sp³-hybridized carbons (Fsp3) is 0.412. The molecule has 0 aliphatic heterocycles. The summed E-state index contributed by atoms with van der Waals surface area (Å²) in [4.78, 5) is 0. The number of hydrogen-bond donors (Lipinski definition) is 3. The summed E-state index contributed by atoms with van der Waals surface area (Å²) in [6, 6.07) is 1.27. The summed E-state index contributed by atoms with van der Waals surface area (Å²) in [7, 11) is -1.09. The molecule has 170 valence electrons. The molecule has 0 fully saturated rings. The summed E-state index contributed by atoms with van der Waals surface area (Å²) in [6.45, 7) is 5.92. The highest BCUT2D eigenvalue weighted by Crippen LogP contribution is 2.43. The summed E-state index contributed by atoms with van der Waals surface area (Å²) < 4.78 is 51.0. The molecule has 10 nitrogen and oxygen atoms in total. The molecule has 3 rings (SSSR count). The van der Waals surface area contributed by atoms with Gasteiger partial charge in [0.2, 0.25) is 11.6 Å². The zero-order valence-electron chi connectivity index (χ0n) is 17.3. The fourth-order valence-electron chi connectivity index (χ4n) is 2.67. The Kier molecular flexibility index (Phi) is 6.56. The van der Waals surface area contributed by atoms with E-state index in [2.05, 4.69) is 19.4 Å². The third-order valence-electron chi connectivity index (χ3n) is 4.28. The minimum absolute atomic E-state index is 0.0899. The lowest BCUT2D eigenvalue weighted by Crippen LogP contribution is -2.25. The largest absolute Gasteiger partial charge is 0.546 e. The summed E-state index contributed by atoms with van der Waals surface area (Å²) in [5.41, 5.74) is -0.248. The highest BCUT2D eigenvalue weighted by molar-refractivity contribution is 7.91.